The van der Waals surface area contributed by atoms with E-state index in [9.17, 15) is 4.79 Å². The molecule has 4 rings (SSSR count). The van der Waals surface area contributed by atoms with Crippen molar-refractivity contribution in [2.24, 2.45) is 0 Å². The van der Waals surface area contributed by atoms with Crippen LogP contribution in [0.3, 0.4) is 0 Å². The molecule has 30 heavy (non-hydrogen) atoms. The topological polar surface area (TPSA) is 66.7 Å². The highest BCUT2D eigenvalue weighted by molar-refractivity contribution is 7.99. The predicted octanol–water partition coefficient (Wildman–Crippen LogP) is 2.68. The Morgan fingerprint density at radius 1 is 1.07 bits per heavy atom. The summed E-state index contributed by atoms with van der Waals surface area (Å²) in [5.41, 5.74) is 0. The van der Waals surface area contributed by atoms with Gasteiger partial charge in [-0.1, -0.05) is 11.8 Å². The van der Waals surface area contributed by atoms with Gasteiger partial charge in [0.15, 0.2) is 5.16 Å². The third kappa shape index (κ3) is 5.11. The molecule has 9 heteroatoms. The number of nitrogens with zero attached hydrogens (tertiary/aromatic N) is 6. The Morgan fingerprint density at radius 3 is 2.57 bits per heavy atom. The molecule has 0 N–H and O–H groups in total. The number of carbonyl (C=O) groups excluding carboxylic acids is 1. The second kappa shape index (κ2) is 10.3. The van der Waals surface area contributed by atoms with Crippen LogP contribution in [0, 0.1) is 0 Å². The zero-order valence-corrected chi connectivity index (χ0v) is 19.3. The fourth-order valence-electron chi connectivity index (χ4n) is 4.74. The minimum Gasteiger partial charge on any atom is -0.378 e. The highest BCUT2D eigenvalue weighted by Crippen LogP contribution is 2.31. The molecular weight excluding hydrogens is 400 g/mol. The summed E-state index contributed by atoms with van der Waals surface area (Å²) in [5, 5.41) is 10.2. The number of amides is 2. The number of hydrogen-bond donors (Lipinski definition) is 0. The largest absolute Gasteiger partial charge is 0.378 e. The SMILES string of the molecule is CC(C)n1c(SCCN2CCCC2)nnc1C1CCCN(C(=O)N2CCOCC2)C1. The minimum absolute atomic E-state index is 0.152. The molecule has 1 unspecified atom stereocenters. The number of carbonyl (C=O) groups is 1. The van der Waals surface area contributed by atoms with Gasteiger partial charge in [0.2, 0.25) is 0 Å². The van der Waals surface area contributed by atoms with E-state index in [1.807, 2.05) is 21.6 Å². The van der Waals surface area contributed by atoms with Crippen LogP contribution in [0.2, 0.25) is 0 Å². The molecule has 8 nitrogen and oxygen atoms in total. The van der Waals surface area contributed by atoms with Gasteiger partial charge < -0.3 is 24.0 Å². The molecule has 0 aromatic carbocycles. The van der Waals surface area contributed by atoms with Gasteiger partial charge in [-0.25, -0.2) is 4.79 Å². The van der Waals surface area contributed by atoms with Crippen LogP contribution in [-0.4, -0.2) is 100 Å². The second-order valence-corrected chi connectivity index (χ2v) is 9.93. The van der Waals surface area contributed by atoms with E-state index in [1.54, 1.807) is 0 Å². The quantitative estimate of drug-likeness (QED) is 0.639. The molecule has 1 aromatic rings. The lowest BCUT2D eigenvalue weighted by molar-refractivity contribution is 0.0406. The summed E-state index contributed by atoms with van der Waals surface area (Å²) in [4.78, 5) is 19.5. The van der Waals surface area contributed by atoms with Gasteiger partial charge in [0.1, 0.15) is 5.82 Å². The molecule has 0 radical (unpaired) electrons. The lowest BCUT2D eigenvalue weighted by Crippen LogP contribution is -2.50. The van der Waals surface area contributed by atoms with E-state index in [0.717, 1.165) is 49.2 Å². The van der Waals surface area contributed by atoms with Crippen molar-refractivity contribution in [3.05, 3.63) is 5.82 Å². The molecule has 1 atom stereocenters. The molecule has 3 aliphatic heterocycles. The average Bonchev–Trinajstić information content (AvgIpc) is 3.44. The lowest BCUT2D eigenvalue weighted by atomic mass is 9.97. The number of urea groups is 1. The van der Waals surface area contributed by atoms with E-state index in [-0.39, 0.29) is 11.9 Å². The van der Waals surface area contributed by atoms with Gasteiger partial charge in [0.05, 0.1) is 13.2 Å². The van der Waals surface area contributed by atoms with Crippen molar-refractivity contribution in [3.8, 4) is 0 Å². The van der Waals surface area contributed by atoms with Crippen LogP contribution in [-0.2, 0) is 4.74 Å². The number of ether oxygens (including phenoxy) is 1. The van der Waals surface area contributed by atoms with Crippen molar-refractivity contribution < 1.29 is 9.53 Å². The Bertz CT molecular complexity index is 700. The van der Waals surface area contributed by atoms with Gasteiger partial charge in [0, 0.05) is 50.4 Å². The van der Waals surface area contributed by atoms with E-state index in [0.29, 0.717) is 32.3 Å². The average molecular weight is 437 g/mol. The summed E-state index contributed by atoms with van der Waals surface area (Å²) < 4.78 is 7.71. The van der Waals surface area contributed by atoms with Crippen molar-refractivity contribution in [2.75, 3.05) is 64.8 Å². The molecule has 0 bridgehead atoms. The van der Waals surface area contributed by atoms with E-state index < -0.39 is 0 Å². The van der Waals surface area contributed by atoms with Gasteiger partial charge >= 0.3 is 6.03 Å². The standard InChI is InChI=1S/C21H36N6O2S/c1-17(2)27-19(22-23-20(27)30-15-12-24-7-3-4-8-24)18-6-5-9-26(16-18)21(28)25-10-13-29-14-11-25/h17-18H,3-16H2,1-2H3. The number of thioether (sulfide) groups is 1. The van der Waals surface area contributed by atoms with Gasteiger partial charge in [0.25, 0.3) is 0 Å². The minimum atomic E-state index is 0.152. The third-order valence-corrected chi connectivity index (χ3v) is 7.31. The molecule has 3 saturated heterocycles. The third-order valence-electron chi connectivity index (χ3n) is 6.38. The first kappa shape index (κ1) is 21.9. The zero-order valence-electron chi connectivity index (χ0n) is 18.5. The van der Waals surface area contributed by atoms with Crippen LogP contribution in [0.15, 0.2) is 5.16 Å². The number of piperidine rings is 1. The Hall–Kier alpha value is -1.32. The number of likely N-dealkylation sites (tertiary alicyclic amines) is 2. The molecular formula is C21H36N6O2S. The normalized spacial score (nSPS) is 23.5. The number of morpholine rings is 1. The first-order valence-electron chi connectivity index (χ1n) is 11.5. The summed E-state index contributed by atoms with van der Waals surface area (Å²) in [6.45, 7) is 12.2. The van der Waals surface area contributed by atoms with E-state index in [2.05, 4.69) is 33.5 Å². The second-order valence-electron chi connectivity index (χ2n) is 8.87. The van der Waals surface area contributed by atoms with Gasteiger partial charge in [-0.2, -0.15) is 0 Å². The maximum absolute atomic E-state index is 13.0. The fourth-order valence-corrected chi connectivity index (χ4v) is 5.81. The zero-order chi connectivity index (χ0) is 20.9. The van der Waals surface area contributed by atoms with Crippen LogP contribution in [0.4, 0.5) is 4.79 Å². The molecule has 0 spiro atoms. The van der Waals surface area contributed by atoms with Crippen molar-refractivity contribution >= 4 is 17.8 Å². The highest BCUT2D eigenvalue weighted by atomic mass is 32.2. The fraction of sp³-hybridized carbons (Fsp3) is 0.857. The number of rotatable bonds is 6. The first-order chi connectivity index (χ1) is 14.6. The maximum atomic E-state index is 13.0. The summed E-state index contributed by atoms with van der Waals surface area (Å²) in [6, 6.07) is 0.466. The van der Waals surface area contributed by atoms with Crippen molar-refractivity contribution in [1.82, 2.24) is 29.5 Å². The van der Waals surface area contributed by atoms with Crippen LogP contribution >= 0.6 is 11.8 Å². The molecule has 3 fully saturated rings. The molecule has 0 saturated carbocycles. The Morgan fingerprint density at radius 2 is 1.83 bits per heavy atom. The van der Waals surface area contributed by atoms with Crippen LogP contribution < -0.4 is 0 Å². The lowest BCUT2D eigenvalue weighted by Gasteiger charge is -2.37. The van der Waals surface area contributed by atoms with Gasteiger partial charge in [-0.05, 0) is 52.6 Å². The van der Waals surface area contributed by atoms with Gasteiger partial charge in [-0.15, -0.1) is 10.2 Å². The molecule has 2 amide bonds. The van der Waals surface area contributed by atoms with E-state index >= 15 is 0 Å². The summed E-state index contributed by atoms with van der Waals surface area (Å²) in [5.74, 6) is 2.36. The predicted molar refractivity (Wildman–Crippen MR) is 118 cm³/mol. The summed E-state index contributed by atoms with van der Waals surface area (Å²) >= 11 is 1.82. The highest BCUT2D eigenvalue weighted by Gasteiger charge is 2.32. The molecule has 168 valence electrons. The number of aromatic nitrogens is 3. The van der Waals surface area contributed by atoms with Crippen LogP contribution in [0.25, 0.3) is 0 Å². The van der Waals surface area contributed by atoms with Gasteiger partial charge in [-0.3, -0.25) is 0 Å². The Kier molecular flexibility index (Phi) is 7.54. The maximum Gasteiger partial charge on any atom is 0.320 e. The Balaban J connectivity index is 1.40. The van der Waals surface area contributed by atoms with Crippen molar-refractivity contribution in [1.29, 1.82) is 0 Å². The first-order valence-corrected chi connectivity index (χ1v) is 12.5. The van der Waals surface area contributed by atoms with Crippen LogP contribution in [0.1, 0.15) is 57.3 Å². The van der Waals surface area contributed by atoms with E-state index in [4.69, 9.17) is 4.74 Å². The Labute approximate surface area is 184 Å². The van der Waals surface area contributed by atoms with Crippen molar-refractivity contribution in [3.63, 3.8) is 0 Å². The van der Waals surface area contributed by atoms with Crippen molar-refractivity contribution in [2.45, 2.75) is 56.6 Å². The molecule has 0 aliphatic carbocycles. The molecule has 4 heterocycles. The van der Waals surface area contributed by atoms with Crippen LogP contribution in [0.5, 0.6) is 0 Å². The smallest absolute Gasteiger partial charge is 0.320 e. The van der Waals surface area contributed by atoms with E-state index in [1.165, 1.54) is 25.9 Å². The summed E-state index contributed by atoms with van der Waals surface area (Å²) in [6.07, 6.45) is 4.75. The molecule has 1 aromatic heterocycles. The summed E-state index contributed by atoms with van der Waals surface area (Å²) in [7, 11) is 0. The molecule has 3 aliphatic rings. The number of hydrogen-bond acceptors (Lipinski definition) is 6. The monoisotopic (exact) mass is 436 g/mol.